The van der Waals surface area contributed by atoms with E-state index in [-0.39, 0.29) is 5.91 Å². The molecule has 130 valence electrons. The van der Waals surface area contributed by atoms with E-state index in [1.807, 2.05) is 42.5 Å². The van der Waals surface area contributed by atoms with Crippen LogP contribution in [0.25, 0.3) is 0 Å². The van der Waals surface area contributed by atoms with Gasteiger partial charge >= 0.3 is 0 Å². The molecule has 0 aliphatic carbocycles. The molecule has 0 saturated heterocycles. The maximum Gasteiger partial charge on any atom is 0.277 e. The number of aromatic nitrogens is 2. The van der Waals surface area contributed by atoms with Gasteiger partial charge in [-0.15, -0.1) is 0 Å². The lowest BCUT2D eigenvalue weighted by molar-refractivity contribution is 0.0984. The SMILES string of the molecule is COc1ccc(Nc2nccc(C(=O)N3CCc4ccccc43)n2)cc1. The highest BCUT2D eigenvalue weighted by Gasteiger charge is 2.26. The molecule has 1 aliphatic rings. The van der Waals surface area contributed by atoms with Gasteiger partial charge in [0.25, 0.3) is 5.91 Å². The fourth-order valence-electron chi connectivity index (χ4n) is 3.03. The van der Waals surface area contributed by atoms with Crippen molar-refractivity contribution in [1.29, 1.82) is 0 Å². The molecule has 2 heterocycles. The summed E-state index contributed by atoms with van der Waals surface area (Å²) in [5, 5.41) is 3.11. The van der Waals surface area contributed by atoms with Crippen molar-refractivity contribution in [2.45, 2.75) is 6.42 Å². The number of anilines is 3. The number of nitrogens with zero attached hydrogens (tertiary/aromatic N) is 3. The summed E-state index contributed by atoms with van der Waals surface area (Å²) in [6, 6.07) is 17.0. The largest absolute Gasteiger partial charge is 0.497 e. The van der Waals surface area contributed by atoms with E-state index < -0.39 is 0 Å². The minimum atomic E-state index is -0.116. The van der Waals surface area contributed by atoms with Crippen LogP contribution >= 0.6 is 0 Å². The number of hydrogen-bond acceptors (Lipinski definition) is 5. The van der Waals surface area contributed by atoms with E-state index in [1.54, 1.807) is 24.3 Å². The molecular formula is C20H18N4O2. The maximum atomic E-state index is 12.9. The Morgan fingerprint density at radius 2 is 1.92 bits per heavy atom. The van der Waals surface area contributed by atoms with Crippen molar-refractivity contribution in [2.75, 3.05) is 23.9 Å². The van der Waals surface area contributed by atoms with Gasteiger partial charge in [0.1, 0.15) is 11.4 Å². The molecule has 4 rings (SSSR count). The van der Waals surface area contributed by atoms with E-state index in [1.165, 1.54) is 5.56 Å². The molecule has 0 atom stereocenters. The molecule has 1 aliphatic heterocycles. The van der Waals surface area contributed by atoms with Gasteiger partial charge in [-0.2, -0.15) is 0 Å². The lowest BCUT2D eigenvalue weighted by atomic mass is 10.2. The zero-order valence-corrected chi connectivity index (χ0v) is 14.3. The van der Waals surface area contributed by atoms with Gasteiger partial charge < -0.3 is 15.0 Å². The zero-order valence-electron chi connectivity index (χ0n) is 14.3. The molecule has 6 heteroatoms. The third kappa shape index (κ3) is 3.09. The molecule has 3 aromatic rings. The smallest absolute Gasteiger partial charge is 0.277 e. The number of carbonyl (C=O) groups excluding carboxylic acids is 1. The summed E-state index contributed by atoms with van der Waals surface area (Å²) in [6.45, 7) is 0.670. The number of rotatable bonds is 4. The Kier molecular flexibility index (Phi) is 4.23. The van der Waals surface area contributed by atoms with Gasteiger partial charge in [0.15, 0.2) is 0 Å². The fraction of sp³-hybridized carbons (Fsp3) is 0.150. The van der Waals surface area contributed by atoms with Crippen molar-refractivity contribution in [3.63, 3.8) is 0 Å². The van der Waals surface area contributed by atoms with Crippen LogP contribution in [0.5, 0.6) is 5.75 Å². The lowest BCUT2D eigenvalue weighted by Crippen LogP contribution is -2.29. The normalized spacial score (nSPS) is 12.6. The number of hydrogen-bond donors (Lipinski definition) is 1. The first-order chi connectivity index (χ1) is 12.7. The van der Waals surface area contributed by atoms with Crippen molar-refractivity contribution in [2.24, 2.45) is 0 Å². The summed E-state index contributed by atoms with van der Waals surface area (Å²) in [4.78, 5) is 23.3. The van der Waals surface area contributed by atoms with Crippen LogP contribution in [0.2, 0.25) is 0 Å². The summed E-state index contributed by atoms with van der Waals surface area (Å²) in [7, 11) is 1.62. The van der Waals surface area contributed by atoms with E-state index in [0.29, 0.717) is 18.2 Å². The second kappa shape index (κ2) is 6.84. The van der Waals surface area contributed by atoms with Crippen molar-refractivity contribution in [3.05, 3.63) is 72.1 Å². The Balaban J connectivity index is 1.55. The quantitative estimate of drug-likeness (QED) is 0.784. The highest BCUT2D eigenvalue weighted by molar-refractivity contribution is 6.06. The number of benzene rings is 2. The molecule has 0 spiro atoms. The highest BCUT2D eigenvalue weighted by Crippen LogP contribution is 2.28. The number of fused-ring (bicyclic) bond motifs is 1. The van der Waals surface area contributed by atoms with Crippen LogP contribution in [0.1, 0.15) is 16.1 Å². The van der Waals surface area contributed by atoms with Gasteiger partial charge in [0.2, 0.25) is 5.95 Å². The maximum absolute atomic E-state index is 12.9. The number of nitrogens with one attached hydrogen (secondary N) is 1. The van der Waals surface area contributed by atoms with Crippen LogP contribution in [0.3, 0.4) is 0 Å². The zero-order chi connectivity index (χ0) is 17.9. The van der Waals surface area contributed by atoms with Crippen LogP contribution in [0, 0.1) is 0 Å². The Morgan fingerprint density at radius 1 is 1.12 bits per heavy atom. The minimum Gasteiger partial charge on any atom is -0.497 e. The standard InChI is InChI=1S/C20H18N4O2/c1-26-16-8-6-15(7-9-16)22-20-21-12-10-17(23-20)19(25)24-13-11-14-4-2-3-5-18(14)24/h2-10,12H,11,13H2,1H3,(H,21,22,23). The Hall–Kier alpha value is -3.41. The van der Waals surface area contributed by atoms with Crippen LogP contribution in [-0.4, -0.2) is 29.5 Å². The minimum absolute atomic E-state index is 0.116. The fourth-order valence-corrected chi connectivity index (χ4v) is 3.03. The highest BCUT2D eigenvalue weighted by atomic mass is 16.5. The van der Waals surface area contributed by atoms with Crippen molar-refractivity contribution < 1.29 is 9.53 Å². The summed E-state index contributed by atoms with van der Waals surface area (Å²) >= 11 is 0. The number of carbonyl (C=O) groups is 1. The molecule has 0 radical (unpaired) electrons. The van der Waals surface area contributed by atoms with E-state index in [0.717, 1.165) is 23.5 Å². The average molecular weight is 346 g/mol. The van der Waals surface area contributed by atoms with Crippen molar-refractivity contribution in [1.82, 2.24) is 9.97 Å². The molecule has 1 N–H and O–H groups in total. The van der Waals surface area contributed by atoms with Gasteiger partial charge in [-0.1, -0.05) is 18.2 Å². The van der Waals surface area contributed by atoms with E-state index in [2.05, 4.69) is 21.4 Å². The van der Waals surface area contributed by atoms with E-state index in [4.69, 9.17) is 4.74 Å². The second-order valence-electron chi connectivity index (χ2n) is 5.95. The summed E-state index contributed by atoms with van der Waals surface area (Å²) < 4.78 is 5.15. The van der Waals surface area contributed by atoms with Crippen LogP contribution in [0.4, 0.5) is 17.3 Å². The number of methoxy groups -OCH3 is 1. The van der Waals surface area contributed by atoms with Gasteiger partial charge in [-0.3, -0.25) is 4.79 Å². The van der Waals surface area contributed by atoms with Crippen LogP contribution in [0.15, 0.2) is 60.8 Å². The topological polar surface area (TPSA) is 67.3 Å². The van der Waals surface area contributed by atoms with E-state index in [9.17, 15) is 4.79 Å². The van der Waals surface area contributed by atoms with Gasteiger partial charge in [-0.25, -0.2) is 9.97 Å². The molecule has 1 aromatic heterocycles. The van der Waals surface area contributed by atoms with Gasteiger partial charge in [-0.05, 0) is 48.4 Å². The average Bonchev–Trinajstić information content (AvgIpc) is 3.12. The molecule has 0 unspecified atom stereocenters. The molecule has 0 bridgehead atoms. The first kappa shape index (κ1) is 16.1. The molecule has 0 saturated carbocycles. The van der Waals surface area contributed by atoms with E-state index >= 15 is 0 Å². The summed E-state index contributed by atoms with van der Waals surface area (Å²) in [6.07, 6.45) is 2.46. The van der Waals surface area contributed by atoms with Gasteiger partial charge in [0, 0.05) is 24.1 Å². The lowest BCUT2D eigenvalue weighted by Gasteiger charge is -2.17. The van der Waals surface area contributed by atoms with Gasteiger partial charge in [0.05, 0.1) is 7.11 Å². The monoisotopic (exact) mass is 346 g/mol. The molecule has 2 aromatic carbocycles. The summed E-state index contributed by atoms with van der Waals surface area (Å²) in [5.41, 5.74) is 3.34. The molecule has 6 nitrogen and oxygen atoms in total. The third-order valence-electron chi connectivity index (χ3n) is 4.35. The number of ether oxygens (including phenoxy) is 1. The molecule has 0 fully saturated rings. The molecule has 1 amide bonds. The molecule has 26 heavy (non-hydrogen) atoms. The number of para-hydroxylation sites is 1. The molecular weight excluding hydrogens is 328 g/mol. The first-order valence-corrected chi connectivity index (χ1v) is 8.38. The second-order valence-corrected chi connectivity index (χ2v) is 5.95. The van der Waals surface area contributed by atoms with Crippen molar-refractivity contribution >= 4 is 23.2 Å². The predicted octanol–water partition coefficient (Wildman–Crippen LogP) is 3.43. The van der Waals surface area contributed by atoms with Crippen LogP contribution < -0.4 is 15.0 Å². The third-order valence-corrected chi connectivity index (χ3v) is 4.35. The Morgan fingerprint density at radius 3 is 2.73 bits per heavy atom. The Labute approximate surface area is 151 Å². The van der Waals surface area contributed by atoms with Crippen molar-refractivity contribution in [3.8, 4) is 5.75 Å². The predicted molar refractivity (Wildman–Crippen MR) is 100 cm³/mol. The summed E-state index contributed by atoms with van der Waals surface area (Å²) in [5.74, 6) is 1.04. The number of amides is 1. The first-order valence-electron chi connectivity index (χ1n) is 8.38. The Bertz CT molecular complexity index is 941. The van der Waals surface area contributed by atoms with Crippen LogP contribution in [-0.2, 0) is 6.42 Å².